The number of carbonyl (C=O) groups excluding carboxylic acids is 1. The second-order valence-corrected chi connectivity index (χ2v) is 4.30. The smallest absolute Gasteiger partial charge is 0.329 e. The molecule has 7 heteroatoms. The average Bonchev–Trinajstić information content (AvgIpc) is 2.35. The molecule has 0 unspecified atom stereocenters. The zero-order valence-corrected chi connectivity index (χ0v) is 10.8. The number of unbranched alkanes of at least 4 members (excludes halogenated alkanes) is 1. The fraction of sp³-hybridized carbons (Fsp3) is 0.462. The second-order valence-electron chi connectivity index (χ2n) is 4.30. The van der Waals surface area contributed by atoms with Crippen molar-refractivity contribution in [3.8, 4) is 0 Å². The summed E-state index contributed by atoms with van der Waals surface area (Å²) in [5, 5.41) is 0. The van der Waals surface area contributed by atoms with Gasteiger partial charge >= 0.3 is 6.18 Å². The zero-order valence-electron chi connectivity index (χ0n) is 10.8. The van der Waals surface area contributed by atoms with Crippen LogP contribution in [-0.4, -0.2) is 30.1 Å². The van der Waals surface area contributed by atoms with Crippen LogP contribution in [0.1, 0.15) is 30.1 Å². The van der Waals surface area contributed by atoms with E-state index in [0.29, 0.717) is 17.7 Å². The Morgan fingerprint density at radius 1 is 1.25 bits per heavy atom. The molecule has 0 spiro atoms. The van der Waals surface area contributed by atoms with Crippen molar-refractivity contribution in [1.82, 2.24) is 4.90 Å². The first-order chi connectivity index (χ1) is 9.26. The highest BCUT2D eigenvalue weighted by Gasteiger charge is 2.34. The molecule has 0 heterocycles. The Morgan fingerprint density at radius 2 is 1.90 bits per heavy atom. The van der Waals surface area contributed by atoms with Crippen molar-refractivity contribution in [2.45, 2.75) is 25.9 Å². The maximum absolute atomic E-state index is 13.5. The highest BCUT2D eigenvalue weighted by molar-refractivity contribution is 5.94. The summed E-state index contributed by atoms with van der Waals surface area (Å²) in [6, 6.07) is 2.85. The lowest BCUT2D eigenvalue weighted by Crippen LogP contribution is -2.40. The van der Waals surface area contributed by atoms with Gasteiger partial charge in [-0.2, -0.15) is 13.2 Å². The van der Waals surface area contributed by atoms with Crippen LogP contribution >= 0.6 is 0 Å². The number of carbonyl (C=O) groups is 1. The Bertz CT molecular complexity index is 472. The standard InChI is InChI=1S/C13H14F5NO/c1-2-3-7-19(8-13(16,17)18)12(20)9-5-4-6-10(14)11(9)15/h4-6H,2-3,7-8H2,1H3. The molecule has 0 aromatic heterocycles. The third-order valence-corrected chi connectivity index (χ3v) is 2.62. The van der Waals surface area contributed by atoms with Gasteiger partial charge in [0, 0.05) is 6.54 Å². The number of hydrogen-bond acceptors (Lipinski definition) is 1. The molecule has 1 aromatic carbocycles. The van der Waals surface area contributed by atoms with E-state index >= 15 is 0 Å². The van der Waals surface area contributed by atoms with Gasteiger partial charge in [0.2, 0.25) is 0 Å². The maximum Gasteiger partial charge on any atom is 0.406 e. The number of nitrogens with zero attached hydrogens (tertiary/aromatic N) is 1. The van der Waals surface area contributed by atoms with E-state index in [0.717, 1.165) is 18.2 Å². The van der Waals surface area contributed by atoms with Crippen LogP contribution in [0.5, 0.6) is 0 Å². The molecule has 0 atom stereocenters. The molecule has 0 saturated heterocycles. The fourth-order valence-electron chi connectivity index (χ4n) is 1.66. The topological polar surface area (TPSA) is 20.3 Å². The average molecular weight is 295 g/mol. The van der Waals surface area contributed by atoms with Crippen LogP contribution in [0.3, 0.4) is 0 Å². The summed E-state index contributed by atoms with van der Waals surface area (Å²) in [4.78, 5) is 12.4. The predicted molar refractivity (Wildman–Crippen MR) is 63.2 cm³/mol. The molecule has 0 aliphatic heterocycles. The predicted octanol–water partition coefficient (Wildman–Crippen LogP) is 3.77. The van der Waals surface area contributed by atoms with E-state index < -0.39 is 35.8 Å². The highest BCUT2D eigenvalue weighted by Crippen LogP contribution is 2.20. The maximum atomic E-state index is 13.5. The molecular weight excluding hydrogens is 281 g/mol. The van der Waals surface area contributed by atoms with E-state index in [1.165, 1.54) is 0 Å². The van der Waals surface area contributed by atoms with Gasteiger partial charge in [0.15, 0.2) is 11.6 Å². The van der Waals surface area contributed by atoms with Gasteiger partial charge < -0.3 is 4.90 Å². The second kappa shape index (κ2) is 6.67. The van der Waals surface area contributed by atoms with Gasteiger partial charge in [-0.1, -0.05) is 19.4 Å². The Labute approximate surface area is 113 Å². The third-order valence-electron chi connectivity index (χ3n) is 2.62. The summed E-state index contributed by atoms with van der Waals surface area (Å²) < 4.78 is 63.8. The highest BCUT2D eigenvalue weighted by atomic mass is 19.4. The van der Waals surface area contributed by atoms with E-state index in [-0.39, 0.29) is 6.54 Å². The SMILES string of the molecule is CCCCN(CC(F)(F)F)C(=O)c1cccc(F)c1F. The largest absolute Gasteiger partial charge is 0.406 e. The molecule has 1 aromatic rings. The van der Waals surface area contributed by atoms with Gasteiger partial charge in [0.1, 0.15) is 6.54 Å². The summed E-state index contributed by atoms with van der Waals surface area (Å²) in [5.41, 5.74) is -0.689. The van der Waals surface area contributed by atoms with Crippen LogP contribution in [0.2, 0.25) is 0 Å². The normalized spacial score (nSPS) is 11.5. The summed E-state index contributed by atoms with van der Waals surface area (Å²) in [5.74, 6) is -3.85. The Hall–Kier alpha value is -1.66. The van der Waals surface area contributed by atoms with Gasteiger partial charge in [0.05, 0.1) is 5.56 Å². The van der Waals surface area contributed by atoms with E-state index in [9.17, 15) is 26.7 Å². The molecule has 112 valence electrons. The van der Waals surface area contributed by atoms with Gasteiger partial charge in [-0.05, 0) is 18.6 Å². The molecule has 20 heavy (non-hydrogen) atoms. The molecule has 0 fully saturated rings. The lowest BCUT2D eigenvalue weighted by molar-refractivity contribution is -0.140. The third kappa shape index (κ3) is 4.47. The minimum absolute atomic E-state index is 0.162. The van der Waals surface area contributed by atoms with E-state index in [4.69, 9.17) is 0 Å². The molecule has 0 saturated carbocycles. The van der Waals surface area contributed by atoms with Crippen LogP contribution in [0, 0.1) is 11.6 Å². The number of halogens is 5. The van der Waals surface area contributed by atoms with E-state index in [1.807, 2.05) is 0 Å². The number of benzene rings is 1. The summed E-state index contributed by atoms with van der Waals surface area (Å²) >= 11 is 0. The van der Waals surface area contributed by atoms with Gasteiger partial charge in [-0.25, -0.2) is 8.78 Å². The first-order valence-electron chi connectivity index (χ1n) is 6.06. The zero-order chi connectivity index (χ0) is 15.3. The van der Waals surface area contributed by atoms with Gasteiger partial charge in [0.25, 0.3) is 5.91 Å². The van der Waals surface area contributed by atoms with Crippen molar-refractivity contribution < 1.29 is 26.7 Å². The number of amides is 1. The molecule has 0 N–H and O–H groups in total. The van der Waals surface area contributed by atoms with Crippen molar-refractivity contribution in [3.05, 3.63) is 35.4 Å². The number of rotatable bonds is 5. The van der Waals surface area contributed by atoms with Crippen LogP contribution in [0.15, 0.2) is 18.2 Å². The Balaban J connectivity index is 3.00. The van der Waals surface area contributed by atoms with Crippen molar-refractivity contribution in [2.24, 2.45) is 0 Å². The van der Waals surface area contributed by atoms with E-state index in [2.05, 4.69) is 0 Å². The lowest BCUT2D eigenvalue weighted by atomic mass is 10.1. The molecule has 0 aliphatic carbocycles. The molecule has 0 aliphatic rings. The first-order valence-corrected chi connectivity index (χ1v) is 6.06. The summed E-state index contributed by atoms with van der Waals surface area (Å²) in [6.07, 6.45) is -3.67. The summed E-state index contributed by atoms with van der Waals surface area (Å²) in [7, 11) is 0. The van der Waals surface area contributed by atoms with Crippen molar-refractivity contribution in [1.29, 1.82) is 0 Å². The van der Waals surface area contributed by atoms with Gasteiger partial charge in [-0.15, -0.1) is 0 Å². The van der Waals surface area contributed by atoms with Gasteiger partial charge in [-0.3, -0.25) is 4.79 Å². The van der Waals surface area contributed by atoms with Crippen LogP contribution in [0.25, 0.3) is 0 Å². The van der Waals surface area contributed by atoms with Crippen molar-refractivity contribution in [3.63, 3.8) is 0 Å². The quantitative estimate of drug-likeness (QED) is 0.757. The van der Waals surface area contributed by atoms with Crippen LogP contribution < -0.4 is 0 Å². The van der Waals surface area contributed by atoms with Crippen molar-refractivity contribution in [2.75, 3.05) is 13.1 Å². The number of alkyl halides is 3. The molecular formula is C13H14F5NO. The molecule has 0 bridgehead atoms. The van der Waals surface area contributed by atoms with E-state index in [1.54, 1.807) is 6.92 Å². The molecule has 0 radical (unpaired) electrons. The molecule has 1 rings (SSSR count). The van der Waals surface area contributed by atoms with Crippen molar-refractivity contribution >= 4 is 5.91 Å². The minimum atomic E-state index is -4.59. The molecule has 2 nitrogen and oxygen atoms in total. The Morgan fingerprint density at radius 3 is 2.45 bits per heavy atom. The minimum Gasteiger partial charge on any atom is -0.329 e. The van der Waals surface area contributed by atoms with Crippen LogP contribution in [-0.2, 0) is 0 Å². The summed E-state index contributed by atoms with van der Waals surface area (Å²) in [6.45, 7) is 0.103. The monoisotopic (exact) mass is 295 g/mol. The van der Waals surface area contributed by atoms with Crippen LogP contribution in [0.4, 0.5) is 22.0 Å². The number of hydrogen-bond donors (Lipinski definition) is 0. The fourth-order valence-corrected chi connectivity index (χ4v) is 1.66. The molecule has 1 amide bonds. The first kappa shape index (κ1) is 16.4. The Kier molecular flexibility index (Phi) is 5.47. The lowest BCUT2D eigenvalue weighted by Gasteiger charge is -2.24.